The molecule has 0 saturated carbocycles. The number of aldehydes is 1. The molecule has 2 aliphatic heterocycles. The van der Waals surface area contributed by atoms with Crippen molar-refractivity contribution in [1.82, 2.24) is 9.97 Å². The maximum absolute atomic E-state index is 10.5. The molecule has 2 fully saturated rings. The number of hydrogen-bond acceptors (Lipinski definition) is 4. The van der Waals surface area contributed by atoms with Gasteiger partial charge in [0, 0.05) is 18.3 Å². The van der Waals surface area contributed by atoms with Crippen molar-refractivity contribution < 1.29 is 9.53 Å². The number of aromatic nitrogens is 2. The largest absolute Gasteiger partial charge is 0.374 e. The lowest BCUT2D eigenvalue weighted by atomic mass is 9.88. The Balaban J connectivity index is 1.84. The molecular formula is C11H12N2O2. The molecule has 2 aliphatic rings. The number of hydrogen-bond donors (Lipinski definition) is 0. The van der Waals surface area contributed by atoms with Crippen LogP contribution in [0.4, 0.5) is 0 Å². The topological polar surface area (TPSA) is 52.1 Å². The summed E-state index contributed by atoms with van der Waals surface area (Å²) >= 11 is 0. The first-order valence-electron chi connectivity index (χ1n) is 5.29. The Labute approximate surface area is 87.7 Å². The van der Waals surface area contributed by atoms with E-state index in [0.717, 1.165) is 25.0 Å². The molecule has 3 unspecified atom stereocenters. The number of fused-ring (bicyclic) bond motifs is 2. The molecule has 0 N–H and O–H groups in total. The lowest BCUT2D eigenvalue weighted by Gasteiger charge is -2.16. The van der Waals surface area contributed by atoms with Crippen LogP contribution in [0, 0.1) is 0 Å². The van der Waals surface area contributed by atoms with E-state index in [-0.39, 0.29) is 0 Å². The standard InChI is InChI=1S/C11H12N2O2/c14-6-7-4-12-11(13-5-7)9-3-8-1-2-10(9)15-8/h4-6,8-10H,1-3H2. The van der Waals surface area contributed by atoms with Crippen molar-refractivity contribution in [1.29, 1.82) is 0 Å². The van der Waals surface area contributed by atoms with Crippen molar-refractivity contribution in [2.24, 2.45) is 0 Å². The summed E-state index contributed by atoms with van der Waals surface area (Å²) < 4.78 is 5.75. The third-order valence-corrected chi connectivity index (χ3v) is 3.27. The molecule has 0 aliphatic carbocycles. The molecule has 2 bridgehead atoms. The monoisotopic (exact) mass is 204 g/mol. The average molecular weight is 204 g/mol. The number of carbonyl (C=O) groups is 1. The minimum Gasteiger partial charge on any atom is -0.374 e. The zero-order valence-corrected chi connectivity index (χ0v) is 8.30. The van der Waals surface area contributed by atoms with Crippen LogP contribution in [0.5, 0.6) is 0 Å². The van der Waals surface area contributed by atoms with Gasteiger partial charge >= 0.3 is 0 Å². The minimum absolute atomic E-state index is 0.303. The molecule has 3 rings (SSSR count). The highest BCUT2D eigenvalue weighted by Crippen LogP contribution is 2.43. The first-order valence-corrected chi connectivity index (χ1v) is 5.29. The smallest absolute Gasteiger partial charge is 0.153 e. The third-order valence-electron chi connectivity index (χ3n) is 3.27. The summed E-state index contributed by atoms with van der Waals surface area (Å²) in [6.45, 7) is 0. The molecule has 4 nitrogen and oxygen atoms in total. The normalized spacial score (nSPS) is 33.2. The van der Waals surface area contributed by atoms with Crippen LogP contribution in [-0.2, 0) is 4.74 Å². The van der Waals surface area contributed by atoms with E-state index >= 15 is 0 Å². The Hall–Kier alpha value is -1.29. The van der Waals surface area contributed by atoms with Crippen molar-refractivity contribution in [3.05, 3.63) is 23.8 Å². The zero-order valence-electron chi connectivity index (χ0n) is 8.30. The van der Waals surface area contributed by atoms with E-state index in [4.69, 9.17) is 4.74 Å². The van der Waals surface area contributed by atoms with Gasteiger partial charge in [-0.3, -0.25) is 4.79 Å². The van der Waals surface area contributed by atoms with Crippen LogP contribution in [-0.4, -0.2) is 28.5 Å². The van der Waals surface area contributed by atoms with E-state index in [1.807, 2.05) is 0 Å². The first-order chi connectivity index (χ1) is 7.36. The van der Waals surface area contributed by atoms with Gasteiger partial charge in [-0.2, -0.15) is 0 Å². The van der Waals surface area contributed by atoms with Gasteiger partial charge in [0.1, 0.15) is 5.82 Å². The van der Waals surface area contributed by atoms with Crippen LogP contribution in [0.25, 0.3) is 0 Å². The molecule has 3 heterocycles. The minimum atomic E-state index is 0.303. The Bertz CT molecular complexity index is 377. The van der Waals surface area contributed by atoms with Crippen LogP contribution >= 0.6 is 0 Å². The molecule has 3 atom stereocenters. The van der Waals surface area contributed by atoms with E-state index in [1.165, 1.54) is 6.42 Å². The SMILES string of the molecule is O=Cc1cnc(C2CC3CCC2O3)nc1. The molecule has 0 spiro atoms. The fourth-order valence-electron chi connectivity index (χ4n) is 2.51. The number of nitrogens with zero attached hydrogens (tertiary/aromatic N) is 2. The van der Waals surface area contributed by atoms with E-state index in [1.54, 1.807) is 12.4 Å². The molecule has 0 amide bonds. The number of carbonyl (C=O) groups excluding carboxylic acids is 1. The van der Waals surface area contributed by atoms with E-state index in [9.17, 15) is 4.79 Å². The predicted octanol–water partition coefficient (Wildman–Crippen LogP) is 1.32. The van der Waals surface area contributed by atoms with E-state index in [2.05, 4.69) is 9.97 Å². The summed E-state index contributed by atoms with van der Waals surface area (Å²) in [7, 11) is 0. The summed E-state index contributed by atoms with van der Waals surface area (Å²) in [6, 6.07) is 0. The Morgan fingerprint density at radius 1 is 1.33 bits per heavy atom. The van der Waals surface area contributed by atoms with Crippen LogP contribution < -0.4 is 0 Å². The third kappa shape index (κ3) is 1.45. The number of rotatable bonds is 2. The van der Waals surface area contributed by atoms with Crippen LogP contribution in [0.15, 0.2) is 12.4 Å². The van der Waals surface area contributed by atoms with Gasteiger partial charge in [0.2, 0.25) is 0 Å². The quantitative estimate of drug-likeness (QED) is 0.682. The van der Waals surface area contributed by atoms with Gasteiger partial charge in [0.05, 0.1) is 17.8 Å². The molecule has 15 heavy (non-hydrogen) atoms. The van der Waals surface area contributed by atoms with Crippen molar-refractivity contribution in [3.63, 3.8) is 0 Å². The van der Waals surface area contributed by atoms with Crippen molar-refractivity contribution in [3.8, 4) is 0 Å². The summed E-state index contributed by atoms with van der Waals surface area (Å²) in [5.41, 5.74) is 0.530. The second kappa shape index (κ2) is 3.38. The zero-order chi connectivity index (χ0) is 10.3. The second-order valence-electron chi connectivity index (χ2n) is 4.21. The second-order valence-corrected chi connectivity index (χ2v) is 4.21. The Morgan fingerprint density at radius 2 is 2.13 bits per heavy atom. The van der Waals surface area contributed by atoms with Crippen molar-refractivity contribution in [2.75, 3.05) is 0 Å². The lowest BCUT2D eigenvalue weighted by Crippen LogP contribution is -2.17. The average Bonchev–Trinajstić information content (AvgIpc) is 2.91. The summed E-state index contributed by atoms with van der Waals surface area (Å²) in [5.74, 6) is 1.16. The van der Waals surface area contributed by atoms with Gasteiger partial charge in [-0.05, 0) is 19.3 Å². The molecule has 1 aromatic rings. The first kappa shape index (κ1) is 8.97. The van der Waals surface area contributed by atoms with Gasteiger partial charge < -0.3 is 4.74 Å². The lowest BCUT2D eigenvalue weighted by molar-refractivity contribution is 0.0998. The molecule has 2 saturated heterocycles. The van der Waals surface area contributed by atoms with E-state index in [0.29, 0.717) is 23.7 Å². The predicted molar refractivity (Wildman–Crippen MR) is 52.7 cm³/mol. The molecule has 0 aromatic carbocycles. The van der Waals surface area contributed by atoms with Crippen molar-refractivity contribution in [2.45, 2.75) is 37.4 Å². The fourth-order valence-corrected chi connectivity index (χ4v) is 2.51. The number of ether oxygens (including phenoxy) is 1. The maximum Gasteiger partial charge on any atom is 0.153 e. The highest BCUT2D eigenvalue weighted by molar-refractivity contribution is 5.73. The van der Waals surface area contributed by atoms with Gasteiger partial charge in [-0.1, -0.05) is 0 Å². The molecule has 0 radical (unpaired) electrons. The highest BCUT2D eigenvalue weighted by Gasteiger charge is 2.42. The summed E-state index contributed by atoms with van der Waals surface area (Å²) in [5, 5.41) is 0. The van der Waals surface area contributed by atoms with Crippen LogP contribution in [0.2, 0.25) is 0 Å². The molecule has 1 aromatic heterocycles. The Kier molecular flexibility index (Phi) is 2.02. The van der Waals surface area contributed by atoms with E-state index < -0.39 is 0 Å². The van der Waals surface area contributed by atoms with Gasteiger partial charge in [0.25, 0.3) is 0 Å². The van der Waals surface area contributed by atoms with Gasteiger partial charge in [-0.15, -0.1) is 0 Å². The van der Waals surface area contributed by atoms with Crippen LogP contribution in [0.3, 0.4) is 0 Å². The summed E-state index contributed by atoms with van der Waals surface area (Å²) in [4.78, 5) is 18.9. The van der Waals surface area contributed by atoms with Gasteiger partial charge in [0.15, 0.2) is 6.29 Å². The molecular weight excluding hydrogens is 192 g/mol. The Morgan fingerprint density at radius 3 is 2.67 bits per heavy atom. The highest BCUT2D eigenvalue weighted by atomic mass is 16.5. The molecule has 4 heteroatoms. The molecule has 78 valence electrons. The van der Waals surface area contributed by atoms with Crippen LogP contribution in [0.1, 0.15) is 41.4 Å². The summed E-state index contributed by atoms with van der Waals surface area (Å²) in [6.07, 6.45) is 7.97. The van der Waals surface area contributed by atoms with Gasteiger partial charge in [-0.25, -0.2) is 9.97 Å². The fraction of sp³-hybridized carbons (Fsp3) is 0.545. The van der Waals surface area contributed by atoms with Crippen molar-refractivity contribution >= 4 is 6.29 Å². The maximum atomic E-state index is 10.5.